The molecule has 0 unspecified atom stereocenters. The van der Waals surface area contributed by atoms with E-state index in [9.17, 15) is 9.18 Å². The highest BCUT2D eigenvalue weighted by Crippen LogP contribution is 2.26. The Morgan fingerprint density at radius 2 is 1.85 bits per heavy atom. The molecule has 0 saturated heterocycles. The van der Waals surface area contributed by atoms with Gasteiger partial charge in [0.05, 0.1) is 0 Å². The van der Waals surface area contributed by atoms with Crippen LogP contribution in [0.15, 0.2) is 42.5 Å². The number of aliphatic hydroxyl groups excluding tert-OH is 1. The van der Waals surface area contributed by atoms with Crippen LogP contribution in [-0.4, -0.2) is 22.8 Å². The summed E-state index contributed by atoms with van der Waals surface area (Å²) in [6.45, 7) is 0.0569. The Morgan fingerprint density at radius 3 is 2.45 bits per heavy atom. The number of aromatic carboxylic acids is 1. The van der Waals surface area contributed by atoms with Gasteiger partial charge >= 0.3 is 5.97 Å². The van der Waals surface area contributed by atoms with Crippen LogP contribution in [0.1, 0.15) is 15.9 Å². The monoisotopic (exact) mass is 276 g/mol. The van der Waals surface area contributed by atoms with Crippen molar-refractivity contribution in [2.24, 2.45) is 0 Å². The van der Waals surface area contributed by atoms with E-state index in [1.165, 1.54) is 6.07 Å². The number of hydrogen-bond acceptors (Lipinski definition) is 3. The van der Waals surface area contributed by atoms with Crippen molar-refractivity contribution in [1.29, 1.82) is 0 Å². The Hall–Kier alpha value is -2.40. The van der Waals surface area contributed by atoms with Crippen molar-refractivity contribution in [1.82, 2.24) is 0 Å². The van der Waals surface area contributed by atoms with Crippen molar-refractivity contribution in [3.8, 4) is 11.5 Å². The fourth-order valence-corrected chi connectivity index (χ4v) is 1.74. The zero-order chi connectivity index (χ0) is 14.5. The Kier molecular flexibility index (Phi) is 4.32. The molecule has 2 rings (SSSR count). The molecule has 0 radical (unpaired) electrons. The second kappa shape index (κ2) is 6.16. The second-order valence-corrected chi connectivity index (χ2v) is 4.17. The summed E-state index contributed by atoms with van der Waals surface area (Å²) in [5.74, 6) is -1.36. The highest BCUT2D eigenvalue weighted by atomic mass is 19.1. The van der Waals surface area contributed by atoms with Crippen molar-refractivity contribution >= 4 is 5.97 Å². The van der Waals surface area contributed by atoms with Gasteiger partial charge in [0, 0.05) is 6.61 Å². The second-order valence-electron chi connectivity index (χ2n) is 4.17. The lowest BCUT2D eigenvalue weighted by atomic mass is 10.1. The molecule has 2 aromatic rings. The number of rotatable bonds is 5. The molecule has 0 amide bonds. The van der Waals surface area contributed by atoms with Gasteiger partial charge < -0.3 is 14.9 Å². The molecule has 2 aromatic carbocycles. The first kappa shape index (κ1) is 14.0. The molecular weight excluding hydrogens is 263 g/mol. The zero-order valence-electron chi connectivity index (χ0n) is 10.5. The fraction of sp³-hybridized carbons (Fsp3) is 0.133. The van der Waals surface area contributed by atoms with Crippen LogP contribution in [0, 0.1) is 5.82 Å². The molecule has 4 nitrogen and oxygen atoms in total. The lowest BCUT2D eigenvalue weighted by Gasteiger charge is -2.09. The fourth-order valence-electron chi connectivity index (χ4n) is 1.74. The summed E-state index contributed by atoms with van der Waals surface area (Å²) in [7, 11) is 0. The topological polar surface area (TPSA) is 66.8 Å². The quantitative estimate of drug-likeness (QED) is 0.881. The van der Waals surface area contributed by atoms with E-state index in [4.69, 9.17) is 14.9 Å². The Balaban J connectivity index is 2.23. The van der Waals surface area contributed by atoms with Crippen LogP contribution in [-0.2, 0) is 6.42 Å². The van der Waals surface area contributed by atoms with Gasteiger partial charge in [-0.2, -0.15) is 0 Å². The van der Waals surface area contributed by atoms with Crippen molar-refractivity contribution in [2.75, 3.05) is 6.61 Å². The number of halogens is 1. The molecule has 0 bridgehead atoms. The number of benzene rings is 2. The van der Waals surface area contributed by atoms with Crippen molar-refractivity contribution in [3.63, 3.8) is 0 Å². The van der Waals surface area contributed by atoms with Crippen molar-refractivity contribution in [3.05, 3.63) is 59.4 Å². The molecule has 0 heterocycles. The van der Waals surface area contributed by atoms with Gasteiger partial charge in [-0.3, -0.25) is 0 Å². The smallest absolute Gasteiger partial charge is 0.339 e. The number of carboxylic acids is 1. The maximum Gasteiger partial charge on any atom is 0.339 e. The highest BCUT2D eigenvalue weighted by Gasteiger charge is 2.13. The minimum atomic E-state index is -1.25. The van der Waals surface area contributed by atoms with Crippen LogP contribution in [0.2, 0.25) is 0 Å². The minimum Gasteiger partial charge on any atom is -0.478 e. The van der Waals surface area contributed by atoms with Crippen molar-refractivity contribution < 1.29 is 24.1 Å². The zero-order valence-corrected chi connectivity index (χ0v) is 10.5. The molecule has 104 valence electrons. The molecule has 2 N–H and O–H groups in total. The average molecular weight is 276 g/mol. The first-order valence-corrected chi connectivity index (χ1v) is 6.00. The molecular formula is C15H13FO4. The molecule has 5 heteroatoms. The molecule has 20 heavy (non-hydrogen) atoms. The van der Waals surface area contributed by atoms with Gasteiger partial charge in [0.1, 0.15) is 22.9 Å². The molecule has 0 atom stereocenters. The molecule has 0 aliphatic heterocycles. The maximum atomic E-state index is 13.0. The summed E-state index contributed by atoms with van der Waals surface area (Å²) in [6, 6.07) is 10.2. The third kappa shape index (κ3) is 3.33. The van der Waals surface area contributed by atoms with Gasteiger partial charge in [0.15, 0.2) is 0 Å². The molecule has 0 aliphatic carbocycles. The lowest BCUT2D eigenvalue weighted by molar-refractivity contribution is 0.0693. The Labute approximate surface area is 115 Å². The molecule has 0 aliphatic rings. The van der Waals surface area contributed by atoms with Crippen LogP contribution >= 0.6 is 0 Å². The van der Waals surface area contributed by atoms with Crippen LogP contribution in [0.3, 0.4) is 0 Å². The molecule has 0 fully saturated rings. The summed E-state index contributed by atoms with van der Waals surface area (Å²) in [4.78, 5) is 11.0. The standard InChI is InChI=1S/C15H13FO4/c16-11-3-6-14(13(9-11)15(18)19)20-12-4-1-10(2-5-12)7-8-17/h1-6,9,17H,7-8H2,(H,18,19). The first-order chi connectivity index (χ1) is 9.60. The van der Waals surface area contributed by atoms with Crippen LogP contribution in [0.5, 0.6) is 11.5 Å². The van der Waals surface area contributed by atoms with Gasteiger partial charge in [-0.15, -0.1) is 0 Å². The Bertz CT molecular complexity index is 608. The lowest BCUT2D eigenvalue weighted by Crippen LogP contribution is -2.01. The average Bonchev–Trinajstić information content (AvgIpc) is 2.43. The molecule has 0 spiro atoms. The van der Waals surface area contributed by atoms with Gasteiger partial charge in [0.2, 0.25) is 0 Å². The number of aliphatic hydroxyl groups is 1. The van der Waals surface area contributed by atoms with E-state index in [2.05, 4.69) is 0 Å². The predicted octanol–water partition coefficient (Wildman–Crippen LogP) is 2.85. The van der Waals surface area contributed by atoms with Crippen molar-refractivity contribution in [2.45, 2.75) is 6.42 Å². The normalized spacial score (nSPS) is 10.3. The summed E-state index contributed by atoms with van der Waals surface area (Å²) < 4.78 is 18.5. The largest absolute Gasteiger partial charge is 0.478 e. The third-order valence-electron chi connectivity index (χ3n) is 2.72. The number of hydrogen-bond donors (Lipinski definition) is 2. The summed E-state index contributed by atoms with van der Waals surface area (Å²) in [5, 5.41) is 17.8. The van der Waals surface area contributed by atoms with E-state index in [1.54, 1.807) is 24.3 Å². The van der Waals surface area contributed by atoms with Crippen LogP contribution < -0.4 is 4.74 Å². The van der Waals surface area contributed by atoms with Crippen LogP contribution in [0.25, 0.3) is 0 Å². The summed E-state index contributed by atoms with van der Waals surface area (Å²) >= 11 is 0. The Morgan fingerprint density at radius 1 is 1.15 bits per heavy atom. The van der Waals surface area contributed by atoms with Gasteiger partial charge in [-0.1, -0.05) is 12.1 Å². The first-order valence-electron chi connectivity index (χ1n) is 6.00. The van der Waals surface area contributed by atoms with E-state index in [0.29, 0.717) is 12.2 Å². The number of ether oxygens (including phenoxy) is 1. The van der Waals surface area contributed by atoms with Gasteiger partial charge in [-0.25, -0.2) is 9.18 Å². The summed E-state index contributed by atoms with van der Waals surface area (Å²) in [6.07, 6.45) is 0.539. The molecule has 0 saturated carbocycles. The summed E-state index contributed by atoms with van der Waals surface area (Å²) in [5.41, 5.74) is 0.710. The van der Waals surface area contributed by atoms with Gasteiger partial charge in [0.25, 0.3) is 0 Å². The maximum absolute atomic E-state index is 13.0. The predicted molar refractivity (Wildman–Crippen MR) is 70.7 cm³/mol. The van der Waals surface area contributed by atoms with E-state index >= 15 is 0 Å². The number of carboxylic acid groups (broad SMARTS) is 1. The van der Waals surface area contributed by atoms with E-state index in [1.807, 2.05) is 0 Å². The van der Waals surface area contributed by atoms with Crippen LogP contribution in [0.4, 0.5) is 4.39 Å². The minimum absolute atomic E-state index is 0.0569. The van der Waals surface area contributed by atoms with Gasteiger partial charge in [-0.05, 0) is 42.3 Å². The highest BCUT2D eigenvalue weighted by molar-refractivity contribution is 5.91. The molecule has 0 aromatic heterocycles. The third-order valence-corrected chi connectivity index (χ3v) is 2.72. The number of carbonyl (C=O) groups is 1. The van der Waals surface area contributed by atoms with E-state index < -0.39 is 11.8 Å². The van der Waals surface area contributed by atoms with E-state index in [0.717, 1.165) is 17.7 Å². The van der Waals surface area contributed by atoms with E-state index in [-0.39, 0.29) is 17.9 Å². The SMILES string of the molecule is O=C(O)c1cc(F)ccc1Oc1ccc(CCO)cc1.